The minimum Gasteiger partial charge on any atom is -0.464 e. The summed E-state index contributed by atoms with van der Waals surface area (Å²) in [7, 11) is 0. The van der Waals surface area contributed by atoms with E-state index in [0.29, 0.717) is 60.2 Å². The largest absolute Gasteiger partial charge is 0.464 e. The number of fused-ring (bicyclic) bond motifs is 10. The number of hydrogen-bond acceptors (Lipinski definition) is 14. The van der Waals surface area contributed by atoms with Gasteiger partial charge >= 0.3 is 41.8 Å². The SMILES string of the molecule is CC(=O)O[C@@H]1CC[C@@]2(C)[C@@H](C1)C[C@H](OC(C)=O)[C@@H]1[C@@H]2CC[C@]2(C)[C@@H]([C@H](C)CCC(=O)OCC(C)(COC(=O)CC[C@@H](C)[C@H]3CC[C@H]4[C@@H]5[C@@H](OC(C)=O)C[C@@H]6C[C@H](OC(C)=O)CC[C@]6(C)[C@H]5CC[C@]34C)C(=O)OCc3ccccc3)CC[C@@H]12. The zero-order valence-electron chi connectivity index (χ0n) is 51.6. The van der Waals surface area contributed by atoms with Crippen molar-refractivity contribution in [1.29, 1.82) is 0 Å². The van der Waals surface area contributed by atoms with Crippen LogP contribution >= 0.6 is 0 Å². The lowest BCUT2D eigenvalue weighted by Gasteiger charge is -2.62. The summed E-state index contributed by atoms with van der Waals surface area (Å²) in [5, 5.41) is 0. The van der Waals surface area contributed by atoms with Gasteiger partial charge < -0.3 is 33.2 Å². The van der Waals surface area contributed by atoms with E-state index in [1.165, 1.54) is 27.7 Å². The second-order valence-electron chi connectivity index (χ2n) is 29.2. The van der Waals surface area contributed by atoms with Gasteiger partial charge in [0.05, 0.1) is 0 Å². The second kappa shape index (κ2) is 24.8. The summed E-state index contributed by atoms with van der Waals surface area (Å²) in [6.45, 7) is 21.3. The number of rotatable bonds is 19. The van der Waals surface area contributed by atoms with Crippen molar-refractivity contribution in [2.75, 3.05) is 13.2 Å². The molecule has 8 fully saturated rings. The molecule has 9 rings (SSSR count). The lowest BCUT2D eigenvalue weighted by atomic mass is 9.43. The lowest BCUT2D eigenvalue weighted by Crippen LogP contribution is -2.59. The zero-order chi connectivity index (χ0) is 59.1. The van der Waals surface area contributed by atoms with Crippen LogP contribution in [0.1, 0.15) is 210 Å². The minimum atomic E-state index is -1.45. The smallest absolute Gasteiger partial charge is 0.319 e. The molecule has 0 bridgehead atoms. The minimum absolute atomic E-state index is 0.0181. The summed E-state index contributed by atoms with van der Waals surface area (Å²) in [6, 6.07) is 9.38. The molecule has 82 heavy (non-hydrogen) atoms. The fraction of sp³-hybridized carbons (Fsp3) is 0.809. The first-order chi connectivity index (χ1) is 38.8. The van der Waals surface area contributed by atoms with Gasteiger partial charge in [-0.3, -0.25) is 33.6 Å². The predicted molar refractivity (Wildman–Crippen MR) is 306 cm³/mol. The highest BCUT2D eigenvalue weighted by molar-refractivity contribution is 5.78. The predicted octanol–water partition coefficient (Wildman–Crippen LogP) is 12.9. The van der Waals surface area contributed by atoms with Crippen LogP contribution in [0.4, 0.5) is 0 Å². The van der Waals surface area contributed by atoms with E-state index in [-0.39, 0.29) is 126 Å². The Morgan fingerprint density at radius 3 is 1.29 bits per heavy atom. The van der Waals surface area contributed by atoms with Crippen molar-refractivity contribution in [3.63, 3.8) is 0 Å². The summed E-state index contributed by atoms with van der Waals surface area (Å²) in [5.41, 5.74) is -0.437. The molecule has 8 aliphatic carbocycles. The average molecular weight is 1140 g/mol. The Morgan fingerprint density at radius 2 is 0.890 bits per heavy atom. The summed E-state index contributed by atoms with van der Waals surface area (Å²) < 4.78 is 41.8. The van der Waals surface area contributed by atoms with Crippen LogP contribution in [0, 0.1) is 98.1 Å². The molecule has 1 aromatic carbocycles. The van der Waals surface area contributed by atoms with Crippen LogP contribution in [0.2, 0.25) is 0 Å². The molecule has 0 unspecified atom stereocenters. The van der Waals surface area contributed by atoms with Crippen molar-refractivity contribution in [2.24, 2.45) is 98.1 Å². The molecule has 14 nitrogen and oxygen atoms in total. The number of hydrogen-bond donors (Lipinski definition) is 0. The molecular formula is C68H100O14. The number of ether oxygens (including phenoxy) is 7. The Balaban J connectivity index is 0.794. The van der Waals surface area contributed by atoms with Crippen LogP contribution in [0.3, 0.4) is 0 Å². The number of benzene rings is 1. The average Bonchev–Trinajstić information content (AvgIpc) is 1.48. The van der Waals surface area contributed by atoms with E-state index in [1.807, 2.05) is 30.3 Å². The van der Waals surface area contributed by atoms with Crippen molar-refractivity contribution < 1.29 is 66.7 Å². The van der Waals surface area contributed by atoms with E-state index in [0.717, 1.165) is 108 Å². The van der Waals surface area contributed by atoms with Gasteiger partial charge in [0, 0.05) is 52.4 Å². The summed E-state index contributed by atoms with van der Waals surface area (Å²) >= 11 is 0. The van der Waals surface area contributed by atoms with Crippen molar-refractivity contribution >= 4 is 41.8 Å². The van der Waals surface area contributed by atoms with E-state index in [9.17, 15) is 33.6 Å². The molecule has 14 heteroatoms. The number of carbonyl (C=O) groups is 7. The van der Waals surface area contributed by atoms with E-state index >= 15 is 0 Å². The van der Waals surface area contributed by atoms with Crippen LogP contribution in [-0.2, 0) is 73.3 Å². The highest BCUT2D eigenvalue weighted by Gasteiger charge is 2.66. The van der Waals surface area contributed by atoms with Gasteiger partial charge in [0.2, 0.25) is 0 Å². The molecule has 1 aromatic rings. The van der Waals surface area contributed by atoms with Gasteiger partial charge in [0.25, 0.3) is 0 Å². The maximum absolute atomic E-state index is 14.1. The first kappa shape index (κ1) is 62.1. The summed E-state index contributed by atoms with van der Waals surface area (Å²) in [6.07, 6.45) is 16.4. The van der Waals surface area contributed by atoms with Gasteiger partial charge in [0.1, 0.15) is 49.7 Å². The monoisotopic (exact) mass is 1140 g/mol. The van der Waals surface area contributed by atoms with Crippen molar-refractivity contribution in [1.82, 2.24) is 0 Å². The fourth-order valence-corrected chi connectivity index (χ4v) is 20.4. The molecule has 0 amide bonds. The second-order valence-corrected chi connectivity index (χ2v) is 29.2. The molecule has 0 radical (unpaired) electrons. The fourth-order valence-electron chi connectivity index (χ4n) is 20.4. The highest BCUT2D eigenvalue weighted by atomic mass is 16.6. The van der Waals surface area contributed by atoms with Crippen LogP contribution in [0.5, 0.6) is 0 Å². The Labute approximate surface area is 489 Å². The third-order valence-corrected chi connectivity index (χ3v) is 24.5. The van der Waals surface area contributed by atoms with Crippen LogP contribution < -0.4 is 0 Å². The van der Waals surface area contributed by atoms with Crippen LogP contribution in [-0.4, -0.2) is 79.4 Å². The maximum Gasteiger partial charge on any atom is 0.319 e. The van der Waals surface area contributed by atoms with Gasteiger partial charge in [0.15, 0.2) is 0 Å². The van der Waals surface area contributed by atoms with Crippen molar-refractivity contribution in [3.05, 3.63) is 35.9 Å². The Hall–Kier alpha value is -4.49. The summed E-state index contributed by atoms with van der Waals surface area (Å²) in [5.74, 6) is 1.52. The molecule has 8 saturated carbocycles. The number of esters is 7. The molecule has 456 valence electrons. The van der Waals surface area contributed by atoms with Crippen molar-refractivity contribution in [3.8, 4) is 0 Å². The topological polar surface area (TPSA) is 184 Å². The number of carbonyl (C=O) groups excluding carboxylic acids is 7. The van der Waals surface area contributed by atoms with E-state index < -0.39 is 23.3 Å². The molecule has 0 N–H and O–H groups in total. The van der Waals surface area contributed by atoms with Crippen molar-refractivity contribution in [2.45, 2.75) is 236 Å². The van der Waals surface area contributed by atoms with E-state index in [2.05, 4.69) is 41.5 Å². The molecule has 20 atom stereocenters. The van der Waals surface area contributed by atoms with Gasteiger partial charge in [-0.05, 0) is 209 Å². The maximum atomic E-state index is 14.1. The quantitative estimate of drug-likeness (QED) is 0.0941. The van der Waals surface area contributed by atoms with Gasteiger partial charge in [-0.25, -0.2) is 0 Å². The lowest BCUT2D eigenvalue weighted by molar-refractivity contribution is -0.197. The summed E-state index contributed by atoms with van der Waals surface area (Å²) in [4.78, 5) is 90.9. The Bertz CT molecular complexity index is 2350. The molecular weight excluding hydrogens is 1040 g/mol. The third kappa shape index (κ3) is 12.6. The van der Waals surface area contributed by atoms with Crippen LogP contribution in [0.15, 0.2) is 30.3 Å². The first-order valence-corrected chi connectivity index (χ1v) is 32.0. The zero-order valence-corrected chi connectivity index (χ0v) is 51.6. The standard InChI is InChI=1S/C68H100O14/c1-40(51-19-21-53-61-55(27-31-67(51,53)10)65(8)29-25-49(79-42(3)69)33-47(65)35-57(61)81-44(5)71)17-23-59(73)77-38-64(7,63(75)76-37-46-15-13-12-14-16-46)39-78-60(74)24-18-41(2)52-20-22-54-62-56(28-32-68(52,54)11)66(9)30-26-50(80-43(4)70)34-48(66)36-58(62)82-45(6)72/h12-16,40-41,47-58,61-62H,17-39H2,1-11H3/t40-,41-,47+,48+,49-,50-,51-,52-,53+,54+,55+,56+,57+,58+,61+,62+,65+,66+,67-,68-/m1/s1. The van der Waals surface area contributed by atoms with Gasteiger partial charge in [-0.2, -0.15) is 0 Å². The Morgan fingerprint density at radius 1 is 0.500 bits per heavy atom. The molecule has 0 aliphatic heterocycles. The Kier molecular flexibility index (Phi) is 18.8. The molecule has 0 saturated heterocycles. The first-order valence-electron chi connectivity index (χ1n) is 32.0. The third-order valence-electron chi connectivity index (χ3n) is 24.5. The molecule has 0 aromatic heterocycles. The highest BCUT2D eigenvalue weighted by Crippen LogP contribution is 2.71. The van der Waals surface area contributed by atoms with Gasteiger partial charge in [-0.1, -0.05) is 71.9 Å². The van der Waals surface area contributed by atoms with Crippen LogP contribution in [0.25, 0.3) is 0 Å². The van der Waals surface area contributed by atoms with E-state index in [1.54, 1.807) is 6.92 Å². The molecule has 0 heterocycles. The van der Waals surface area contributed by atoms with E-state index in [4.69, 9.17) is 33.2 Å². The molecule has 0 spiro atoms. The molecule has 8 aliphatic rings. The van der Waals surface area contributed by atoms with Gasteiger partial charge in [-0.15, -0.1) is 0 Å². The normalized spacial score (nSPS) is 39.5.